The molecule has 178 valence electrons. The number of rotatable bonds is 12. The Labute approximate surface area is 198 Å². The van der Waals surface area contributed by atoms with Gasteiger partial charge in [-0.3, -0.25) is 4.79 Å². The lowest BCUT2D eigenvalue weighted by molar-refractivity contribution is 0.0949. The molecule has 2 N–H and O–H groups in total. The summed E-state index contributed by atoms with van der Waals surface area (Å²) in [5.74, 6) is -0.102. The van der Waals surface area contributed by atoms with Crippen molar-refractivity contribution in [1.29, 1.82) is 0 Å². The summed E-state index contributed by atoms with van der Waals surface area (Å²) in [5.41, 5.74) is 7.63. The fourth-order valence-electron chi connectivity index (χ4n) is 4.00. The largest absolute Gasteiger partial charge is 0.500 e. The van der Waals surface area contributed by atoms with Crippen molar-refractivity contribution in [2.75, 3.05) is 33.3 Å². The number of amides is 1. The first-order chi connectivity index (χ1) is 15.9. The molecule has 0 fully saturated rings. The average Bonchev–Trinajstić information content (AvgIpc) is 3.27. The highest BCUT2D eigenvalue weighted by Gasteiger charge is 2.36. The van der Waals surface area contributed by atoms with Gasteiger partial charge in [-0.15, -0.1) is 0 Å². The Kier molecular flexibility index (Phi) is 8.82. The van der Waals surface area contributed by atoms with E-state index in [1.165, 1.54) is 11.1 Å². The molecule has 8 heteroatoms. The van der Waals surface area contributed by atoms with Crippen molar-refractivity contribution in [3.8, 4) is 0 Å². The molecule has 2 aromatic carbocycles. The maximum atomic E-state index is 12.5. The Morgan fingerprint density at radius 1 is 1.03 bits per heavy atom. The van der Waals surface area contributed by atoms with E-state index in [2.05, 4.69) is 66.0 Å². The number of hydrogen-bond donors (Lipinski definition) is 2. The van der Waals surface area contributed by atoms with Crippen molar-refractivity contribution < 1.29 is 18.1 Å². The van der Waals surface area contributed by atoms with E-state index in [9.17, 15) is 4.79 Å². The average molecular weight is 470 g/mol. The molecule has 0 aliphatic heterocycles. The van der Waals surface area contributed by atoms with Crippen molar-refractivity contribution in [2.24, 2.45) is 0 Å². The summed E-state index contributed by atoms with van der Waals surface area (Å²) in [7, 11) is 2.17. The Morgan fingerprint density at radius 3 is 2.33 bits per heavy atom. The monoisotopic (exact) mass is 469 g/mol. The SMILES string of the molecule is CO[Si](CCCNC(=O)c1ccc(NN(C(C)C)C2C=Cc3ccccc32)cc1)(OC)OC. The zero-order valence-corrected chi connectivity index (χ0v) is 21.1. The highest BCUT2D eigenvalue weighted by atomic mass is 28.4. The third-order valence-electron chi connectivity index (χ3n) is 5.91. The zero-order chi connectivity index (χ0) is 23.8. The Morgan fingerprint density at radius 2 is 1.70 bits per heavy atom. The Bertz CT molecular complexity index is 937. The highest BCUT2D eigenvalue weighted by molar-refractivity contribution is 6.60. The summed E-state index contributed by atoms with van der Waals surface area (Å²) in [4.78, 5) is 12.5. The van der Waals surface area contributed by atoms with E-state index in [0.29, 0.717) is 24.6 Å². The van der Waals surface area contributed by atoms with Crippen molar-refractivity contribution in [3.63, 3.8) is 0 Å². The molecule has 2 aromatic rings. The molecule has 0 aromatic heterocycles. The zero-order valence-electron chi connectivity index (χ0n) is 20.1. The van der Waals surface area contributed by atoms with Gasteiger partial charge in [-0.25, -0.2) is 5.01 Å². The third kappa shape index (κ3) is 6.10. The topological polar surface area (TPSA) is 72.1 Å². The summed E-state index contributed by atoms with van der Waals surface area (Å²) >= 11 is 0. The Balaban J connectivity index is 1.56. The van der Waals surface area contributed by atoms with Crippen LogP contribution in [0.15, 0.2) is 54.6 Å². The predicted molar refractivity (Wildman–Crippen MR) is 134 cm³/mol. The van der Waals surface area contributed by atoms with Crippen molar-refractivity contribution in [3.05, 3.63) is 71.3 Å². The van der Waals surface area contributed by atoms with E-state index < -0.39 is 8.80 Å². The van der Waals surface area contributed by atoms with E-state index in [0.717, 1.165) is 5.69 Å². The maximum absolute atomic E-state index is 12.5. The van der Waals surface area contributed by atoms with E-state index in [4.69, 9.17) is 13.3 Å². The van der Waals surface area contributed by atoms with Crippen LogP contribution in [0.25, 0.3) is 6.08 Å². The van der Waals surface area contributed by atoms with Crippen molar-refractivity contribution in [1.82, 2.24) is 10.3 Å². The minimum atomic E-state index is -2.60. The van der Waals surface area contributed by atoms with Crippen LogP contribution in [0.2, 0.25) is 6.04 Å². The number of carbonyl (C=O) groups is 1. The molecule has 1 aliphatic rings. The van der Waals surface area contributed by atoms with E-state index >= 15 is 0 Å². The van der Waals surface area contributed by atoms with Crippen LogP contribution in [0.1, 0.15) is 47.8 Å². The van der Waals surface area contributed by atoms with Gasteiger partial charge in [-0.1, -0.05) is 36.4 Å². The van der Waals surface area contributed by atoms with Gasteiger partial charge in [0, 0.05) is 51.2 Å². The molecule has 1 amide bonds. The molecule has 3 rings (SSSR count). The van der Waals surface area contributed by atoms with Gasteiger partial charge in [0.05, 0.1) is 6.04 Å². The van der Waals surface area contributed by atoms with Crippen molar-refractivity contribution in [2.45, 2.75) is 38.4 Å². The second kappa shape index (κ2) is 11.6. The molecule has 0 saturated heterocycles. The van der Waals surface area contributed by atoms with E-state index in [-0.39, 0.29) is 18.0 Å². The van der Waals surface area contributed by atoms with E-state index in [1.54, 1.807) is 21.3 Å². The number of hydrogen-bond acceptors (Lipinski definition) is 6. The molecule has 0 radical (unpaired) electrons. The van der Waals surface area contributed by atoms with Crippen LogP contribution in [0.5, 0.6) is 0 Å². The molecule has 1 unspecified atom stereocenters. The molecule has 7 nitrogen and oxygen atoms in total. The number of anilines is 1. The first kappa shape index (κ1) is 25.1. The lowest BCUT2D eigenvalue weighted by atomic mass is 10.1. The Hall–Kier alpha value is -2.49. The fourth-order valence-corrected chi connectivity index (χ4v) is 5.73. The minimum Gasteiger partial charge on any atom is -0.377 e. The number of fused-ring (bicyclic) bond motifs is 1. The smallest absolute Gasteiger partial charge is 0.377 e. The highest BCUT2D eigenvalue weighted by Crippen LogP contribution is 2.34. The van der Waals surface area contributed by atoms with Gasteiger partial charge in [0.2, 0.25) is 0 Å². The summed E-state index contributed by atoms with van der Waals surface area (Å²) in [5, 5.41) is 5.19. The van der Waals surface area contributed by atoms with Gasteiger partial charge in [-0.2, -0.15) is 0 Å². The molecule has 0 spiro atoms. The lowest BCUT2D eigenvalue weighted by Crippen LogP contribution is -2.43. The number of hydrazine groups is 1. The van der Waals surface area contributed by atoms with Crippen LogP contribution < -0.4 is 10.7 Å². The van der Waals surface area contributed by atoms with Crippen LogP contribution in [0, 0.1) is 0 Å². The van der Waals surface area contributed by atoms with Crippen LogP contribution in [-0.2, 0) is 13.3 Å². The predicted octanol–water partition coefficient (Wildman–Crippen LogP) is 4.49. The molecule has 0 heterocycles. The molecule has 0 bridgehead atoms. The van der Waals surface area contributed by atoms with Crippen molar-refractivity contribution >= 4 is 26.5 Å². The van der Waals surface area contributed by atoms with Crippen LogP contribution in [0.4, 0.5) is 5.69 Å². The number of benzene rings is 2. The standard InChI is InChI=1S/C25H35N3O4Si/c1-19(2)28(24-16-13-20-9-6-7-10-23(20)24)27-22-14-11-21(12-15-22)25(29)26-17-8-18-33(30-3,31-4)32-5/h6-7,9-16,19,24,27H,8,17-18H2,1-5H3,(H,26,29). The van der Waals surface area contributed by atoms with Crippen LogP contribution >= 0.6 is 0 Å². The van der Waals surface area contributed by atoms with Crippen LogP contribution in [-0.4, -0.2) is 53.6 Å². The molecule has 1 aliphatic carbocycles. The molecular formula is C25H35N3O4Si. The first-order valence-corrected chi connectivity index (χ1v) is 13.2. The first-order valence-electron chi connectivity index (χ1n) is 11.3. The number of carbonyl (C=O) groups excluding carboxylic acids is 1. The van der Waals surface area contributed by atoms with Gasteiger partial charge in [-0.05, 0) is 55.7 Å². The summed E-state index contributed by atoms with van der Waals surface area (Å²) in [6.07, 6.45) is 5.10. The molecule has 1 atom stereocenters. The van der Waals surface area contributed by atoms with Gasteiger partial charge in [0.1, 0.15) is 0 Å². The summed E-state index contributed by atoms with van der Waals surface area (Å²) < 4.78 is 16.2. The molecule has 33 heavy (non-hydrogen) atoms. The maximum Gasteiger partial charge on any atom is 0.500 e. The molecular weight excluding hydrogens is 434 g/mol. The van der Waals surface area contributed by atoms with E-state index in [1.807, 2.05) is 24.3 Å². The third-order valence-corrected chi connectivity index (χ3v) is 8.74. The number of nitrogens with one attached hydrogen (secondary N) is 2. The van der Waals surface area contributed by atoms with Gasteiger partial charge < -0.3 is 24.0 Å². The second-order valence-electron chi connectivity index (χ2n) is 8.28. The van der Waals surface area contributed by atoms with Gasteiger partial charge in [0.15, 0.2) is 0 Å². The normalized spacial score (nSPS) is 15.2. The summed E-state index contributed by atoms with van der Waals surface area (Å²) in [6, 6.07) is 17.1. The quantitative estimate of drug-likeness (QED) is 0.271. The number of nitrogens with zero attached hydrogens (tertiary/aromatic N) is 1. The van der Waals surface area contributed by atoms with Gasteiger partial charge in [0.25, 0.3) is 5.91 Å². The molecule has 0 saturated carbocycles. The van der Waals surface area contributed by atoms with Gasteiger partial charge >= 0.3 is 8.80 Å². The lowest BCUT2D eigenvalue weighted by Gasteiger charge is -2.33. The minimum absolute atomic E-state index is 0.102. The second-order valence-corrected chi connectivity index (χ2v) is 11.4. The van der Waals surface area contributed by atoms with Crippen LogP contribution in [0.3, 0.4) is 0 Å². The fraction of sp³-hybridized carbons (Fsp3) is 0.400. The summed E-state index contributed by atoms with van der Waals surface area (Å²) in [6.45, 7) is 4.86.